The van der Waals surface area contributed by atoms with Crippen LogP contribution in [-0.2, 0) is 22.7 Å². The third-order valence-electron chi connectivity index (χ3n) is 4.52. The Balaban J connectivity index is 1.69. The van der Waals surface area contributed by atoms with E-state index < -0.39 is 11.7 Å². The van der Waals surface area contributed by atoms with Crippen molar-refractivity contribution in [2.24, 2.45) is 0 Å². The Morgan fingerprint density at radius 2 is 1.79 bits per heavy atom. The molecule has 1 N–H and O–H groups in total. The third kappa shape index (κ3) is 7.36. The van der Waals surface area contributed by atoms with Crippen LogP contribution in [0.2, 0.25) is 5.02 Å². The van der Waals surface area contributed by atoms with E-state index in [1.165, 1.54) is 11.8 Å². The molecule has 2 aromatic carbocycles. The molecular weight excluding hydrogens is 442 g/mol. The first-order valence-electron chi connectivity index (χ1n) is 10.5. The van der Waals surface area contributed by atoms with Crippen molar-refractivity contribution in [3.63, 3.8) is 0 Å². The molecule has 0 aliphatic carbocycles. The number of amides is 2. The van der Waals surface area contributed by atoms with Gasteiger partial charge in [0.15, 0.2) is 0 Å². The Bertz CT molecular complexity index is 1170. The molecule has 0 spiro atoms. The molecule has 1 heterocycles. The highest BCUT2D eigenvalue weighted by Gasteiger charge is 2.20. The van der Waals surface area contributed by atoms with E-state index >= 15 is 0 Å². The Hall–Kier alpha value is -3.32. The normalized spacial score (nSPS) is 11.2. The van der Waals surface area contributed by atoms with Crippen LogP contribution < -0.4 is 10.1 Å². The van der Waals surface area contributed by atoms with Crippen molar-refractivity contribution in [1.82, 2.24) is 9.88 Å². The van der Waals surface area contributed by atoms with Crippen molar-refractivity contribution >= 4 is 40.3 Å². The highest BCUT2D eigenvalue weighted by atomic mass is 35.5. The summed E-state index contributed by atoms with van der Waals surface area (Å²) in [4.78, 5) is 29.5. The molecule has 0 saturated carbocycles. The molecule has 174 valence electrons. The van der Waals surface area contributed by atoms with Crippen LogP contribution >= 0.6 is 11.6 Å². The van der Waals surface area contributed by atoms with E-state index in [1.54, 1.807) is 25.2 Å². The summed E-state index contributed by atoms with van der Waals surface area (Å²) in [6.45, 7) is 7.56. The van der Waals surface area contributed by atoms with Gasteiger partial charge >= 0.3 is 6.09 Å². The number of aromatic nitrogens is 1. The van der Waals surface area contributed by atoms with Crippen LogP contribution in [0.1, 0.15) is 38.8 Å². The molecular formula is C25H28ClN3O4. The number of halogens is 1. The first-order chi connectivity index (χ1) is 15.5. The molecule has 2 amide bonds. The smallest absolute Gasteiger partial charge is 0.410 e. The van der Waals surface area contributed by atoms with Crippen molar-refractivity contribution in [2.75, 3.05) is 12.4 Å². The van der Waals surface area contributed by atoms with Crippen LogP contribution in [0, 0.1) is 0 Å². The summed E-state index contributed by atoms with van der Waals surface area (Å²) in [6, 6.07) is 14.9. The van der Waals surface area contributed by atoms with Crippen LogP contribution in [0.5, 0.6) is 5.75 Å². The van der Waals surface area contributed by atoms with Gasteiger partial charge < -0.3 is 19.7 Å². The van der Waals surface area contributed by atoms with Crippen LogP contribution in [0.3, 0.4) is 0 Å². The summed E-state index contributed by atoms with van der Waals surface area (Å²) in [5.41, 5.74) is 1.94. The van der Waals surface area contributed by atoms with Gasteiger partial charge in [0.25, 0.3) is 0 Å². The molecule has 0 bridgehead atoms. The van der Waals surface area contributed by atoms with Crippen molar-refractivity contribution in [3.05, 3.63) is 64.7 Å². The lowest BCUT2D eigenvalue weighted by molar-refractivity contribution is -0.114. The Morgan fingerprint density at radius 3 is 2.48 bits per heavy atom. The molecule has 7 nitrogen and oxygen atoms in total. The topological polar surface area (TPSA) is 80.8 Å². The number of benzene rings is 2. The second-order valence-electron chi connectivity index (χ2n) is 8.82. The molecule has 8 heteroatoms. The van der Waals surface area contributed by atoms with Gasteiger partial charge in [-0.2, -0.15) is 0 Å². The van der Waals surface area contributed by atoms with E-state index in [2.05, 4.69) is 10.3 Å². The van der Waals surface area contributed by atoms with Gasteiger partial charge in [-0.3, -0.25) is 4.79 Å². The zero-order chi connectivity index (χ0) is 24.2. The van der Waals surface area contributed by atoms with Crippen molar-refractivity contribution < 1.29 is 19.1 Å². The maximum Gasteiger partial charge on any atom is 0.410 e. The van der Waals surface area contributed by atoms with Gasteiger partial charge in [0.2, 0.25) is 5.91 Å². The van der Waals surface area contributed by atoms with Gasteiger partial charge in [-0.05, 0) is 68.3 Å². The molecule has 0 fully saturated rings. The summed E-state index contributed by atoms with van der Waals surface area (Å²) >= 11 is 6.28. The molecule has 1 aromatic heterocycles. The Kier molecular flexibility index (Phi) is 7.43. The summed E-state index contributed by atoms with van der Waals surface area (Å²) in [6.07, 6.45) is -0.410. The molecule has 0 atom stereocenters. The van der Waals surface area contributed by atoms with Gasteiger partial charge in [0.1, 0.15) is 23.8 Å². The lowest BCUT2D eigenvalue weighted by Crippen LogP contribution is -2.33. The number of ether oxygens (including phenoxy) is 2. The summed E-state index contributed by atoms with van der Waals surface area (Å²) in [5, 5.41) is 4.16. The Labute approximate surface area is 198 Å². The van der Waals surface area contributed by atoms with E-state index in [-0.39, 0.29) is 5.91 Å². The van der Waals surface area contributed by atoms with E-state index in [1.807, 2.05) is 51.1 Å². The summed E-state index contributed by atoms with van der Waals surface area (Å²) in [7, 11) is 1.67. The SMILES string of the molecule is CC(=O)Nc1ccc2ccc(COc3cc(Cl)cc(CN(C)C(=O)OC(C)(C)C)c3)cc2n1. The zero-order valence-electron chi connectivity index (χ0n) is 19.4. The van der Waals surface area contributed by atoms with Gasteiger partial charge in [0.05, 0.1) is 5.52 Å². The van der Waals surface area contributed by atoms with E-state index in [9.17, 15) is 9.59 Å². The van der Waals surface area contributed by atoms with E-state index in [4.69, 9.17) is 21.1 Å². The molecule has 33 heavy (non-hydrogen) atoms. The summed E-state index contributed by atoms with van der Waals surface area (Å²) in [5.74, 6) is 0.923. The monoisotopic (exact) mass is 469 g/mol. The molecule has 3 rings (SSSR count). The van der Waals surface area contributed by atoms with Gasteiger partial charge in [-0.1, -0.05) is 23.7 Å². The third-order valence-corrected chi connectivity index (χ3v) is 4.74. The number of anilines is 1. The highest BCUT2D eigenvalue weighted by molar-refractivity contribution is 6.30. The number of hydrogen-bond donors (Lipinski definition) is 1. The van der Waals surface area contributed by atoms with Gasteiger partial charge in [-0.15, -0.1) is 0 Å². The predicted molar refractivity (Wildman–Crippen MR) is 130 cm³/mol. The predicted octanol–water partition coefficient (Wildman–Crippen LogP) is 5.79. The number of hydrogen-bond acceptors (Lipinski definition) is 5. The zero-order valence-corrected chi connectivity index (χ0v) is 20.2. The number of rotatable bonds is 6. The first kappa shape index (κ1) is 24.3. The number of pyridine rings is 1. The van der Waals surface area contributed by atoms with Crippen LogP contribution in [-0.4, -0.2) is 34.5 Å². The molecule has 0 saturated heterocycles. The van der Waals surface area contributed by atoms with Crippen LogP contribution in [0.25, 0.3) is 10.9 Å². The lowest BCUT2D eigenvalue weighted by Gasteiger charge is -2.24. The molecule has 0 aliphatic heterocycles. The standard InChI is InChI=1S/C25H28ClN3O4/c1-16(30)27-23-9-8-19-7-6-17(12-22(19)28-23)15-32-21-11-18(10-20(26)13-21)14-29(5)24(31)33-25(2,3)4/h6-13H,14-15H2,1-5H3,(H,27,28,30). The maximum atomic E-state index is 12.2. The quantitative estimate of drug-likeness (QED) is 0.494. The fourth-order valence-corrected chi connectivity index (χ4v) is 3.39. The summed E-state index contributed by atoms with van der Waals surface area (Å²) < 4.78 is 11.4. The minimum atomic E-state index is -0.564. The first-order valence-corrected chi connectivity index (χ1v) is 10.9. The van der Waals surface area contributed by atoms with Crippen LogP contribution in [0.15, 0.2) is 48.5 Å². The second-order valence-corrected chi connectivity index (χ2v) is 9.26. The van der Waals surface area contributed by atoms with Gasteiger partial charge in [0, 0.05) is 30.9 Å². The second kappa shape index (κ2) is 10.1. The molecule has 3 aromatic rings. The van der Waals surface area contributed by atoms with Crippen LogP contribution in [0.4, 0.5) is 10.6 Å². The minimum Gasteiger partial charge on any atom is -0.489 e. The van der Waals surface area contributed by atoms with Gasteiger partial charge in [-0.25, -0.2) is 9.78 Å². The fourth-order valence-electron chi connectivity index (χ4n) is 3.14. The average Bonchev–Trinajstić information content (AvgIpc) is 2.70. The molecule has 0 aliphatic rings. The maximum absolute atomic E-state index is 12.2. The fraction of sp³-hybridized carbons (Fsp3) is 0.320. The van der Waals surface area contributed by atoms with Crippen molar-refractivity contribution in [1.29, 1.82) is 0 Å². The van der Waals surface area contributed by atoms with Crippen molar-refractivity contribution in [2.45, 2.75) is 46.4 Å². The van der Waals surface area contributed by atoms with E-state index in [0.717, 1.165) is 22.0 Å². The number of carbonyl (C=O) groups is 2. The number of carbonyl (C=O) groups excluding carboxylic acids is 2. The van der Waals surface area contributed by atoms with Crippen molar-refractivity contribution in [3.8, 4) is 5.75 Å². The molecule has 0 radical (unpaired) electrons. The molecule has 0 unspecified atom stereocenters. The number of fused-ring (bicyclic) bond motifs is 1. The highest BCUT2D eigenvalue weighted by Crippen LogP contribution is 2.24. The van der Waals surface area contributed by atoms with E-state index in [0.29, 0.717) is 29.7 Å². The minimum absolute atomic E-state index is 0.171. The lowest BCUT2D eigenvalue weighted by atomic mass is 10.1. The largest absolute Gasteiger partial charge is 0.489 e. The number of nitrogens with one attached hydrogen (secondary N) is 1. The Morgan fingerprint density at radius 1 is 1.06 bits per heavy atom. The number of nitrogens with zero attached hydrogens (tertiary/aromatic N) is 2. The average molecular weight is 470 g/mol.